The molecule has 0 saturated carbocycles. The van der Waals surface area contributed by atoms with E-state index in [1.165, 1.54) is 18.2 Å². The Bertz CT molecular complexity index is 553. The molecule has 0 aromatic heterocycles. The van der Waals surface area contributed by atoms with Gasteiger partial charge in [0.25, 0.3) is 0 Å². The molecule has 0 amide bonds. The molecule has 0 aliphatic rings. The molecule has 0 bridgehead atoms. The molecule has 0 fully saturated rings. The van der Waals surface area contributed by atoms with Crippen LogP contribution < -0.4 is 10.5 Å². The summed E-state index contributed by atoms with van der Waals surface area (Å²) >= 11 is 0. The lowest BCUT2D eigenvalue weighted by Gasteiger charge is -2.12. The van der Waals surface area contributed by atoms with Crippen molar-refractivity contribution in [2.75, 3.05) is 13.1 Å². The first-order valence-corrected chi connectivity index (χ1v) is 6.78. The van der Waals surface area contributed by atoms with Crippen LogP contribution in [0.3, 0.4) is 0 Å². The highest BCUT2D eigenvalue weighted by molar-refractivity contribution is 7.89. The predicted octanol–water partition coefficient (Wildman–Crippen LogP) is 1.50. The van der Waals surface area contributed by atoms with E-state index < -0.39 is 26.7 Å². The van der Waals surface area contributed by atoms with Crippen LogP contribution >= 0.6 is 0 Å². The molecule has 0 atom stereocenters. The molecule has 1 rings (SSSR count). The number of hydrogen-bond acceptors (Lipinski definition) is 3. The lowest BCUT2D eigenvalue weighted by Crippen LogP contribution is -2.26. The summed E-state index contributed by atoms with van der Waals surface area (Å²) in [6.07, 6.45) is -1.80. The third kappa shape index (κ3) is 4.34. The summed E-state index contributed by atoms with van der Waals surface area (Å²) in [5.41, 5.74) is 3.97. The van der Waals surface area contributed by atoms with E-state index in [9.17, 15) is 21.6 Å². The molecule has 1 aromatic carbocycles. The number of nitrogens with two attached hydrogens (primary N) is 1. The predicted molar refractivity (Wildman–Crippen MR) is 64.8 cm³/mol. The van der Waals surface area contributed by atoms with Crippen LogP contribution in [-0.4, -0.2) is 21.5 Å². The molecule has 1 aromatic rings. The van der Waals surface area contributed by atoms with Gasteiger partial charge in [-0.1, -0.05) is 24.3 Å². The van der Waals surface area contributed by atoms with E-state index in [0.29, 0.717) is 0 Å². The van der Waals surface area contributed by atoms with Crippen molar-refractivity contribution in [1.29, 1.82) is 0 Å². The molecule has 0 aliphatic heterocycles. The van der Waals surface area contributed by atoms with Crippen LogP contribution in [0.25, 0.3) is 0 Å². The zero-order valence-corrected chi connectivity index (χ0v) is 10.6. The second kappa shape index (κ2) is 6.18. The van der Waals surface area contributed by atoms with Gasteiger partial charge < -0.3 is 5.73 Å². The molecular formula is C11H13F3N2O2S. The Labute approximate surface area is 109 Å². The van der Waals surface area contributed by atoms with Gasteiger partial charge in [-0.25, -0.2) is 13.1 Å². The van der Waals surface area contributed by atoms with E-state index in [1.54, 1.807) is 0 Å². The van der Waals surface area contributed by atoms with Crippen molar-refractivity contribution in [2.45, 2.75) is 11.1 Å². The summed E-state index contributed by atoms with van der Waals surface area (Å²) in [6, 6.07) is 4.01. The van der Waals surface area contributed by atoms with Crippen LogP contribution in [0.4, 0.5) is 13.2 Å². The maximum Gasteiger partial charge on any atom is 0.417 e. The first kappa shape index (κ1) is 15.7. The van der Waals surface area contributed by atoms with Gasteiger partial charge in [0.15, 0.2) is 0 Å². The van der Waals surface area contributed by atoms with E-state index in [1.807, 2.05) is 0 Å². The molecule has 19 heavy (non-hydrogen) atoms. The zero-order valence-electron chi connectivity index (χ0n) is 9.81. The first-order chi connectivity index (χ1) is 8.79. The normalized spacial score (nSPS) is 13.1. The summed E-state index contributed by atoms with van der Waals surface area (Å²) in [6.45, 7) is 0.104. The van der Waals surface area contributed by atoms with Gasteiger partial charge in [-0.2, -0.15) is 13.2 Å². The van der Waals surface area contributed by atoms with Crippen molar-refractivity contribution < 1.29 is 21.6 Å². The number of nitrogens with one attached hydrogen (secondary N) is 1. The number of sulfonamides is 1. The van der Waals surface area contributed by atoms with E-state index in [2.05, 4.69) is 4.72 Å². The smallest absolute Gasteiger partial charge is 0.327 e. The fraction of sp³-hybridized carbons (Fsp3) is 0.273. The highest BCUT2D eigenvalue weighted by Gasteiger charge is 2.36. The number of alkyl halides is 3. The lowest BCUT2D eigenvalue weighted by molar-refractivity contribution is -0.139. The van der Waals surface area contributed by atoms with E-state index >= 15 is 0 Å². The van der Waals surface area contributed by atoms with E-state index in [-0.39, 0.29) is 13.1 Å². The molecule has 8 heteroatoms. The zero-order chi connectivity index (χ0) is 14.5. The standard InChI is InChI=1S/C11H13F3N2O2S/c12-11(13,14)9-5-1-2-6-10(9)19(17,18)16-8-4-3-7-15/h1-6,16H,7-8,15H2/b4-3+. The lowest BCUT2D eigenvalue weighted by atomic mass is 10.2. The fourth-order valence-corrected chi connectivity index (χ4v) is 2.55. The van der Waals surface area contributed by atoms with Crippen molar-refractivity contribution in [2.24, 2.45) is 5.73 Å². The number of rotatable bonds is 5. The van der Waals surface area contributed by atoms with Crippen LogP contribution in [0.2, 0.25) is 0 Å². The second-order valence-corrected chi connectivity index (χ2v) is 5.29. The molecule has 0 heterocycles. The Morgan fingerprint density at radius 3 is 2.42 bits per heavy atom. The van der Waals surface area contributed by atoms with Gasteiger partial charge in [0.05, 0.1) is 10.5 Å². The molecule has 0 radical (unpaired) electrons. The van der Waals surface area contributed by atoms with Crippen LogP contribution in [0.5, 0.6) is 0 Å². The third-order valence-corrected chi connectivity index (χ3v) is 3.66. The average molecular weight is 294 g/mol. The third-order valence-electron chi connectivity index (χ3n) is 2.18. The van der Waals surface area contributed by atoms with Crippen molar-refractivity contribution >= 4 is 10.0 Å². The van der Waals surface area contributed by atoms with Gasteiger partial charge >= 0.3 is 6.18 Å². The summed E-state index contributed by atoms with van der Waals surface area (Å²) in [7, 11) is -4.22. The minimum atomic E-state index is -4.72. The average Bonchev–Trinajstić information content (AvgIpc) is 2.34. The number of halogens is 3. The maximum absolute atomic E-state index is 12.7. The van der Waals surface area contributed by atoms with Gasteiger partial charge in [-0.3, -0.25) is 0 Å². The number of benzene rings is 1. The van der Waals surface area contributed by atoms with Gasteiger partial charge in [0.1, 0.15) is 0 Å². The minimum Gasteiger partial charge on any atom is -0.327 e. The Hall–Kier alpha value is -1.38. The molecule has 0 unspecified atom stereocenters. The largest absolute Gasteiger partial charge is 0.417 e. The van der Waals surface area contributed by atoms with E-state index in [0.717, 1.165) is 18.2 Å². The highest BCUT2D eigenvalue weighted by atomic mass is 32.2. The van der Waals surface area contributed by atoms with Crippen molar-refractivity contribution in [1.82, 2.24) is 4.72 Å². The van der Waals surface area contributed by atoms with Gasteiger partial charge in [-0.15, -0.1) is 0 Å². The van der Waals surface area contributed by atoms with Gasteiger partial charge in [-0.05, 0) is 12.1 Å². The molecular weight excluding hydrogens is 281 g/mol. The topological polar surface area (TPSA) is 72.2 Å². The molecule has 0 spiro atoms. The van der Waals surface area contributed by atoms with Crippen molar-refractivity contribution in [3.8, 4) is 0 Å². The Balaban J connectivity index is 3.05. The second-order valence-electron chi connectivity index (χ2n) is 3.55. The summed E-state index contributed by atoms with van der Waals surface area (Å²) in [4.78, 5) is -0.788. The van der Waals surface area contributed by atoms with Crippen LogP contribution in [0.15, 0.2) is 41.3 Å². The molecule has 0 saturated heterocycles. The highest BCUT2D eigenvalue weighted by Crippen LogP contribution is 2.33. The van der Waals surface area contributed by atoms with Gasteiger partial charge in [0.2, 0.25) is 10.0 Å². The summed E-state index contributed by atoms with van der Waals surface area (Å²) in [5.74, 6) is 0. The van der Waals surface area contributed by atoms with Crippen molar-refractivity contribution in [3.63, 3.8) is 0 Å². The van der Waals surface area contributed by atoms with Gasteiger partial charge in [0, 0.05) is 13.1 Å². The van der Waals surface area contributed by atoms with Crippen LogP contribution in [-0.2, 0) is 16.2 Å². The van der Waals surface area contributed by atoms with Crippen molar-refractivity contribution in [3.05, 3.63) is 42.0 Å². The molecule has 0 aliphatic carbocycles. The summed E-state index contributed by atoms with van der Waals surface area (Å²) in [5, 5.41) is 0. The van der Waals surface area contributed by atoms with Crippen LogP contribution in [0.1, 0.15) is 5.56 Å². The fourth-order valence-electron chi connectivity index (χ4n) is 1.35. The van der Waals surface area contributed by atoms with Crippen LogP contribution in [0, 0.1) is 0 Å². The number of hydrogen-bond donors (Lipinski definition) is 2. The minimum absolute atomic E-state index is 0.119. The molecule has 4 nitrogen and oxygen atoms in total. The molecule has 3 N–H and O–H groups in total. The maximum atomic E-state index is 12.7. The quantitative estimate of drug-likeness (QED) is 0.808. The van der Waals surface area contributed by atoms with E-state index in [4.69, 9.17) is 5.73 Å². The SMILES string of the molecule is NC/C=C/CNS(=O)(=O)c1ccccc1C(F)(F)F. The monoisotopic (exact) mass is 294 g/mol. The Morgan fingerprint density at radius 2 is 1.84 bits per heavy atom. The Morgan fingerprint density at radius 1 is 1.21 bits per heavy atom. The molecule has 106 valence electrons. The summed E-state index contributed by atoms with van der Waals surface area (Å²) < 4.78 is 63.7. The first-order valence-electron chi connectivity index (χ1n) is 5.30. The Kier molecular flexibility index (Phi) is 5.10.